The molecule has 0 aliphatic carbocycles. The van der Waals surface area contributed by atoms with E-state index in [0.717, 1.165) is 48.2 Å². The molecule has 0 radical (unpaired) electrons. The van der Waals surface area contributed by atoms with E-state index in [4.69, 9.17) is 10.5 Å². The van der Waals surface area contributed by atoms with Crippen molar-refractivity contribution in [2.75, 3.05) is 37.8 Å². The van der Waals surface area contributed by atoms with Crippen molar-refractivity contribution in [3.63, 3.8) is 0 Å². The number of unbranched alkanes of at least 4 members (excludes halogenated alkanes) is 10. The zero-order valence-electron chi connectivity index (χ0n) is 35.9. The van der Waals surface area contributed by atoms with E-state index in [0.29, 0.717) is 5.75 Å². The van der Waals surface area contributed by atoms with E-state index in [1.807, 2.05) is 6.08 Å². The number of amides is 2. The monoisotopic (exact) mass is 985 g/mol. The topological polar surface area (TPSA) is 375 Å². The van der Waals surface area contributed by atoms with Gasteiger partial charge in [-0.2, -0.15) is 0 Å². The first-order chi connectivity index (χ1) is 30.1. The van der Waals surface area contributed by atoms with Crippen LogP contribution in [0.1, 0.15) is 104 Å². The van der Waals surface area contributed by atoms with Crippen LogP contribution in [0.2, 0.25) is 0 Å². The molecule has 1 saturated heterocycles. The number of imidazole rings is 1. The number of fused-ring (bicyclic) bond motifs is 1. The third-order valence-electron chi connectivity index (χ3n) is 9.70. The lowest BCUT2D eigenvalue weighted by molar-refractivity contribution is -0.347. The van der Waals surface area contributed by atoms with Crippen LogP contribution in [-0.4, -0.2) is 103 Å². The second kappa shape index (κ2) is 26.6. The fraction of sp³-hybridized carbons (Fsp3) is 0.722. The molecule has 0 bridgehead atoms. The Morgan fingerprint density at radius 2 is 1.61 bits per heavy atom. The van der Waals surface area contributed by atoms with Gasteiger partial charge < -0.3 is 69.0 Å². The van der Waals surface area contributed by atoms with E-state index in [9.17, 15) is 57.9 Å². The maximum absolute atomic E-state index is 12.6. The van der Waals surface area contributed by atoms with Gasteiger partial charge in [-0.3, -0.25) is 28.1 Å². The first-order valence-corrected chi connectivity index (χ1v) is 26.1. The van der Waals surface area contributed by atoms with Crippen molar-refractivity contribution in [3.05, 3.63) is 24.8 Å². The second-order valence-electron chi connectivity index (χ2n) is 15.5. The van der Waals surface area contributed by atoms with Crippen molar-refractivity contribution in [2.45, 2.75) is 128 Å². The summed E-state index contributed by atoms with van der Waals surface area (Å²) in [7, 11) is -17.6. The Labute approximate surface area is 375 Å². The number of nitrogen functional groups attached to an aromatic ring is 1. The van der Waals surface area contributed by atoms with Gasteiger partial charge in [0, 0.05) is 30.7 Å². The molecule has 2 unspecified atom stereocenters. The molecular weight excluding hydrogens is 927 g/mol. The lowest BCUT2D eigenvalue weighted by atomic mass is 9.87. The molecule has 3 rings (SSSR count). The van der Waals surface area contributed by atoms with Gasteiger partial charge in [0.1, 0.15) is 36.3 Å². The van der Waals surface area contributed by atoms with E-state index in [2.05, 4.69) is 50.4 Å². The smallest absolute Gasteiger partial charge is 0.274 e. The van der Waals surface area contributed by atoms with Crippen LogP contribution in [0.5, 0.6) is 0 Å². The number of aliphatic hydroxyl groups excluding tert-OH is 2. The number of hydrogen-bond acceptors (Lipinski definition) is 22. The van der Waals surface area contributed by atoms with E-state index in [-0.39, 0.29) is 41.6 Å². The van der Waals surface area contributed by atoms with Gasteiger partial charge in [0.15, 0.2) is 17.7 Å². The van der Waals surface area contributed by atoms with E-state index >= 15 is 0 Å². The highest BCUT2D eigenvalue weighted by Crippen LogP contribution is 2.56. The predicted molar refractivity (Wildman–Crippen MR) is 224 cm³/mol. The van der Waals surface area contributed by atoms with Crippen LogP contribution in [-0.2, 0) is 50.7 Å². The fourth-order valence-electron chi connectivity index (χ4n) is 6.24. The van der Waals surface area contributed by atoms with Gasteiger partial charge >= 0.3 is 0 Å². The molecule has 1 aliphatic heterocycles. The minimum Gasteiger partial charge on any atom is -0.790 e. The van der Waals surface area contributed by atoms with Gasteiger partial charge in [-0.25, -0.2) is 19.3 Å². The molecule has 1 fully saturated rings. The molecule has 364 valence electrons. The second-order valence-corrected chi connectivity index (χ2v) is 20.7. The predicted octanol–water partition coefficient (Wildman–Crippen LogP) is 1.00. The molecule has 64 heavy (non-hydrogen) atoms. The van der Waals surface area contributed by atoms with Crippen LogP contribution in [0.15, 0.2) is 24.8 Å². The number of ether oxygens (including phenoxy) is 1. The molecule has 2 aromatic heterocycles. The molecule has 7 atom stereocenters. The van der Waals surface area contributed by atoms with Crippen LogP contribution in [0.4, 0.5) is 5.82 Å². The number of allylic oxidation sites excluding steroid dienone is 1. The quantitative estimate of drug-likeness (QED) is 0.0400. The summed E-state index contributed by atoms with van der Waals surface area (Å²) in [6.45, 7) is 2.33. The van der Waals surface area contributed by atoms with Crippen LogP contribution in [0, 0.1) is 5.41 Å². The number of phosphoric ester groups is 3. The summed E-state index contributed by atoms with van der Waals surface area (Å²) in [5, 5.41) is 26.2. The molecule has 1 aliphatic rings. The van der Waals surface area contributed by atoms with Crippen LogP contribution >= 0.6 is 35.2 Å². The van der Waals surface area contributed by atoms with Crippen molar-refractivity contribution >= 4 is 69.1 Å². The third-order valence-corrected chi connectivity index (χ3v) is 13.5. The molecule has 6 N–H and O–H groups in total. The van der Waals surface area contributed by atoms with Crippen molar-refractivity contribution in [3.8, 4) is 0 Å². The summed E-state index contributed by atoms with van der Waals surface area (Å²) in [6.07, 6.45) is 9.00. The lowest BCUT2D eigenvalue weighted by Crippen LogP contribution is -2.46. The maximum atomic E-state index is 12.6. The van der Waals surface area contributed by atoms with Gasteiger partial charge in [0.25, 0.3) is 15.6 Å². The molecule has 2 aromatic rings. The van der Waals surface area contributed by atoms with Gasteiger partial charge in [0.2, 0.25) is 16.9 Å². The Kier molecular flexibility index (Phi) is 23.1. The molecule has 0 spiro atoms. The molecule has 0 aromatic carbocycles. The summed E-state index contributed by atoms with van der Waals surface area (Å²) in [4.78, 5) is 96.6. The number of hydrogen-bond donors (Lipinski definition) is 5. The Hall–Kier alpha value is -2.70. The highest BCUT2D eigenvalue weighted by molar-refractivity contribution is 8.14. The molecule has 24 nitrogen and oxygen atoms in total. The van der Waals surface area contributed by atoms with Crippen molar-refractivity contribution < 1.29 is 80.5 Å². The standard InChI is InChI=1S/C36H62N7O17P3S/c1-4-5-6-7-8-9-10-11-12-13-14-15-16-27(45)64-20-19-38-26(44)17-18-39-34(48)31(47)36(2,3)22-57-63(54,55)60-62(52,53)56-21-25-30(59-61(49,50)51)29(46)35(58-25)43-24-42-28-32(37)40-23-41-33(28)43/h15-16,23-25,29-31,35,46-47H,4-14,17-22H2,1-3H3,(H,38,44)(H,39,48)(H,52,53)(H,54,55)(H2,37,40,41)(H2,49,50,51)/p-4/b16-15+/t25-,29-,30-,31+,35-/m1/s1. The Balaban J connectivity index is 1.35. The Morgan fingerprint density at radius 1 is 0.969 bits per heavy atom. The molecule has 2 amide bonds. The van der Waals surface area contributed by atoms with Crippen LogP contribution in [0.3, 0.4) is 0 Å². The number of nitrogens with one attached hydrogen (secondary N) is 2. The summed E-state index contributed by atoms with van der Waals surface area (Å²) in [6, 6.07) is 0. The average molecular weight is 986 g/mol. The van der Waals surface area contributed by atoms with E-state index < -0.39 is 84.6 Å². The fourth-order valence-corrected chi connectivity index (χ4v) is 9.57. The Morgan fingerprint density at radius 3 is 2.27 bits per heavy atom. The third kappa shape index (κ3) is 19.6. The number of anilines is 1. The van der Waals surface area contributed by atoms with Gasteiger partial charge in [-0.1, -0.05) is 96.4 Å². The van der Waals surface area contributed by atoms with Gasteiger partial charge in [-0.15, -0.1) is 0 Å². The minimum absolute atomic E-state index is 0.0198. The van der Waals surface area contributed by atoms with Crippen LogP contribution in [0.25, 0.3) is 11.2 Å². The number of nitrogens with two attached hydrogens (primary N) is 1. The highest BCUT2D eigenvalue weighted by atomic mass is 32.2. The number of nitrogens with zero attached hydrogens (tertiary/aromatic N) is 4. The minimum atomic E-state index is -5.92. The molecule has 28 heteroatoms. The molecular formula is C36H58N7O17P3S-4. The van der Waals surface area contributed by atoms with E-state index in [1.165, 1.54) is 71.3 Å². The van der Waals surface area contributed by atoms with E-state index in [1.54, 1.807) is 0 Å². The largest absolute Gasteiger partial charge is 0.790 e. The number of phosphoric acid groups is 3. The lowest BCUT2D eigenvalue weighted by Gasteiger charge is -2.36. The normalized spacial score (nSPS) is 20.6. The zero-order valence-corrected chi connectivity index (χ0v) is 39.4. The summed E-state index contributed by atoms with van der Waals surface area (Å²) in [5.41, 5.74) is 4.08. The SMILES string of the molecule is CCCCCCCCCCCC/C=C/C(=O)SCCNC(=O)CCNC(=O)[C@H](O)C(C)(C)COP(=O)([O-])OP(=O)([O-])OC[C@H]1O[C@@H](n2cnc3c(N)ncnc32)[C@H](O)[C@@H]1OP(=O)([O-])[O-]. The zero-order chi connectivity index (χ0) is 47.6. The number of carbonyl (C=O) groups excluding carboxylic acids is 3. The first kappa shape index (κ1) is 55.6. The van der Waals surface area contributed by atoms with Crippen molar-refractivity contribution in [1.82, 2.24) is 30.2 Å². The summed E-state index contributed by atoms with van der Waals surface area (Å²) in [5.74, 6) is -1.21. The number of aliphatic hydroxyl groups is 2. The summed E-state index contributed by atoms with van der Waals surface area (Å²) < 4.78 is 60.7. The van der Waals surface area contributed by atoms with Crippen molar-refractivity contribution in [1.29, 1.82) is 0 Å². The molecule has 0 saturated carbocycles. The maximum Gasteiger partial charge on any atom is 0.274 e. The average Bonchev–Trinajstić information content (AvgIpc) is 3.78. The van der Waals surface area contributed by atoms with Crippen LogP contribution < -0.4 is 35.9 Å². The number of carbonyl (C=O) groups is 3. The molecule has 3 heterocycles. The van der Waals surface area contributed by atoms with Gasteiger partial charge in [-0.05, 0) is 18.9 Å². The highest BCUT2D eigenvalue weighted by Gasteiger charge is 2.47. The number of rotatable bonds is 31. The summed E-state index contributed by atoms with van der Waals surface area (Å²) >= 11 is 1.05. The Bertz CT molecular complexity index is 1990. The number of aromatic nitrogens is 4. The van der Waals surface area contributed by atoms with Gasteiger partial charge in [0.05, 0.1) is 27.4 Å². The number of thioether (sulfide) groups is 1. The van der Waals surface area contributed by atoms with Crippen molar-refractivity contribution in [2.24, 2.45) is 5.41 Å². The first-order valence-electron chi connectivity index (χ1n) is 20.7.